The molecular formula is C23H31N5O3. The molecule has 1 fully saturated rings. The fraction of sp³-hybridized carbons (Fsp3) is 0.565. The minimum atomic E-state index is -0.304. The Labute approximate surface area is 182 Å². The van der Waals surface area contributed by atoms with Crippen LogP contribution in [0, 0.1) is 6.92 Å². The molecule has 1 atom stereocenters. The number of hydrogen-bond donors (Lipinski definition) is 1. The number of aryl methyl sites for hydroxylation is 2. The van der Waals surface area contributed by atoms with E-state index in [0.29, 0.717) is 17.8 Å². The molecule has 0 saturated carbocycles. The van der Waals surface area contributed by atoms with Gasteiger partial charge in [-0.05, 0) is 69.7 Å². The number of nitrogens with zero attached hydrogens (tertiary/aromatic N) is 4. The van der Waals surface area contributed by atoms with Crippen LogP contribution in [0.1, 0.15) is 67.2 Å². The number of likely N-dealkylation sites (tertiary alicyclic amines) is 1. The smallest absolute Gasteiger partial charge is 0.336 e. The Morgan fingerprint density at radius 2 is 1.94 bits per heavy atom. The van der Waals surface area contributed by atoms with Crippen LogP contribution in [-0.4, -0.2) is 43.6 Å². The maximum atomic E-state index is 12.9. The topological polar surface area (TPSA) is 89.2 Å². The van der Waals surface area contributed by atoms with Crippen LogP contribution < -0.4 is 11.0 Å². The number of carbonyl (C=O) groups excluding carboxylic acids is 2. The summed E-state index contributed by atoms with van der Waals surface area (Å²) in [5.41, 5.74) is 1.87. The second kappa shape index (κ2) is 9.08. The summed E-state index contributed by atoms with van der Waals surface area (Å²) < 4.78 is 2.94. The number of nitrogens with one attached hydrogen (secondary N) is 1. The van der Waals surface area contributed by atoms with E-state index in [9.17, 15) is 14.4 Å². The number of fused-ring (bicyclic) bond motifs is 1. The van der Waals surface area contributed by atoms with E-state index < -0.39 is 0 Å². The van der Waals surface area contributed by atoms with Gasteiger partial charge in [0.25, 0.3) is 5.91 Å². The summed E-state index contributed by atoms with van der Waals surface area (Å²) in [6, 6.07) is 5.60. The zero-order valence-electron chi connectivity index (χ0n) is 18.4. The summed E-state index contributed by atoms with van der Waals surface area (Å²) in [5.74, 6) is 0.503. The molecule has 2 aliphatic heterocycles. The quantitative estimate of drug-likeness (QED) is 0.816. The van der Waals surface area contributed by atoms with Gasteiger partial charge in [-0.3, -0.25) is 14.2 Å². The molecule has 8 heteroatoms. The van der Waals surface area contributed by atoms with Crippen molar-refractivity contribution in [2.24, 2.45) is 0 Å². The normalized spacial score (nSPS) is 18.9. The van der Waals surface area contributed by atoms with Crippen molar-refractivity contribution in [2.45, 2.75) is 77.9 Å². The first-order chi connectivity index (χ1) is 14.9. The maximum absolute atomic E-state index is 12.9. The molecule has 166 valence electrons. The molecule has 2 aromatic rings. The SMILES string of the molecule is Cc1cc(C(=O)N2CCCCC2C)ccc1NC(=O)Cn1nc2n(c1=O)CCCCC2. The van der Waals surface area contributed by atoms with Gasteiger partial charge in [0.1, 0.15) is 12.4 Å². The molecule has 1 aromatic heterocycles. The van der Waals surface area contributed by atoms with E-state index >= 15 is 0 Å². The standard InChI is InChI=1S/C23H31N5O3/c1-16-14-18(22(30)26-12-7-5-8-17(26)2)10-11-19(16)24-21(29)15-28-23(31)27-13-6-3-4-9-20(27)25-28/h10-11,14,17H,3-9,12-13,15H2,1-2H3,(H,24,29). The van der Waals surface area contributed by atoms with E-state index in [1.807, 2.05) is 17.9 Å². The molecule has 1 N–H and O–H groups in total. The number of benzene rings is 1. The van der Waals surface area contributed by atoms with Crippen LogP contribution in [0.15, 0.2) is 23.0 Å². The van der Waals surface area contributed by atoms with Crippen molar-refractivity contribution in [1.82, 2.24) is 19.2 Å². The zero-order chi connectivity index (χ0) is 22.0. The van der Waals surface area contributed by atoms with Gasteiger partial charge < -0.3 is 10.2 Å². The molecule has 3 heterocycles. The average Bonchev–Trinajstić information content (AvgIpc) is 2.91. The van der Waals surface area contributed by atoms with Crippen molar-refractivity contribution in [2.75, 3.05) is 11.9 Å². The van der Waals surface area contributed by atoms with E-state index in [-0.39, 0.29) is 30.1 Å². The number of rotatable bonds is 4. The highest BCUT2D eigenvalue weighted by atomic mass is 16.2. The minimum absolute atomic E-state index is 0.0410. The predicted molar refractivity (Wildman–Crippen MR) is 118 cm³/mol. The second-order valence-electron chi connectivity index (χ2n) is 8.74. The minimum Gasteiger partial charge on any atom is -0.336 e. The van der Waals surface area contributed by atoms with Crippen molar-refractivity contribution in [1.29, 1.82) is 0 Å². The van der Waals surface area contributed by atoms with E-state index in [4.69, 9.17) is 0 Å². The zero-order valence-corrected chi connectivity index (χ0v) is 18.4. The number of aromatic nitrogens is 3. The highest BCUT2D eigenvalue weighted by molar-refractivity contribution is 5.96. The van der Waals surface area contributed by atoms with Gasteiger partial charge in [0.15, 0.2) is 0 Å². The average molecular weight is 426 g/mol. The van der Waals surface area contributed by atoms with Gasteiger partial charge in [0, 0.05) is 36.8 Å². The van der Waals surface area contributed by atoms with Gasteiger partial charge in [-0.25, -0.2) is 9.48 Å². The van der Waals surface area contributed by atoms with E-state index in [0.717, 1.165) is 62.9 Å². The Hall–Kier alpha value is -2.90. The van der Waals surface area contributed by atoms with Crippen LogP contribution in [-0.2, 0) is 24.3 Å². The highest BCUT2D eigenvalue weighted by Crippen LogP contribution is 2.22. The van der Waals surface area contributed by atoms with Crippen LogP contribution >= 0.6 is 0 Å². The lowest BCUT2D eigenvalue weighted by molar-refractivity contribution is -0.117. The summed E-state index contributed by atoms with van der Waals surface area (Å²) in [4.78, 5) is 40.0. The van der Waals surface area contributed by atoms with E-state index in [1.165, 1.54) is 4.68 Å². The summed E-state index contributed by atoms with van der Waals surface area (Å²) >= 11 is 0. The lowest BCUT2D eigenvalue weighted by Gasteiger charge is -2.33. The van der Waals surface area contributed by atoms with Crippen molar-refractivity contribution in [3.63, 3.8) is 0 Å². The van der Waals surface area contributed by atoms with Gasteiger partial charge in [-0.2, -0.15) is 5.10 Å². The number of carbonyl (C=O) groups is 2. The Kier molecular flexibility index (Phi) is 6.25. The molecule has 1 saturated heterocycles. The Bertz CT molecular complexity index is 1040. The fourth-order valence-corrected chi connectivity index (χ4v) is 4.56. The number of anilines is 1. The van der Waals surface area contributed by atoms with Crippen molar-refractivity contribution in [3.8, 4) is 0 Å². The van der Waals surface area contributed by atoms with Crippen LogP contribution in [0.4, 0.5) is 5.69 Å². The molecule has 0 radical (unpaired) electrons. The van der Waals surface area contributed by atoms with Crippen molar-refractivity contribution < 1.29 is 9.59 Å². The van der Waals surface area contributed by atoms with Crippen LogP contribution in [0.2, 0.25) is 0 Å². The summed E-state index contributed by atoms with van der Waals surface area (Å²) in [7, 11) is 0. The Morgan fingerprint density at radius 3 is 2.71 bits per heavy atom. The van der Waals surface area contributed by atoms with Gasteiger partial charge in [-0.1, -0.05) is 6.42 Å². The number of amides is 2. The molecule has 1 aromatic carbocycles. The first kappa shape index (κ1) is 21.3. The third-order valence-corrected chi connectivity index (χ3v) is 6.39. The van der Waals surface area contributed by atoms with Crippen LogP contribution in [0.5, 0.6) is 0 Å². The molecule has 1 unspecified atom stereocenters. The second-order valence-corrected chi connectivity index (χ2v) is 8.74. The molecule has 2 amide bonds. The molecular weight excluding hydrogens is 394 g/mol. The molecule has 0 aliphatic carbocycles. The van der Waals surface area contributed by atoms with E-state index in [2.05, 4.69) is 17.3 Å². The van der Waals surface area contributed by atoms with Crippen LogP contribution in [0.3, 0.4) is 0 Å². The van der Waals surface area contributed by atoms with Crippen molar-refractivity contribution >= 4 is 17.5 Å². The van der Waals surface area contributed by atoms with Crippen molar-refractivity contribution in [3.05, 3.63) is 45.6 Å². The van der Waals surface area contributed by atoms with Gasteiger partial charge in [0.05, 0.1) is 0 Å². The van der Waals surface area contributed by atoms with Crippen LogP contribution in [0.25, 0.3) is 0 Å². The van der Waals surface area contributed by atoms with Gasteiger partial charge >= 0.3 is 5.69 Å². The first-order valence-corrected chi connectivity index (χ1v) is 11.3. The number of hydrogen-bond acceptors (Lipinski definition) is 4. The molecule has 2 aliphatic rings. The third-order valence-electron chi connectivity index (χ3n) is 6.39. The molecule has 0 spiro atoms. The van der Waals surface area contributed by atoms with Gasteiger partial charge in [-0.15, -0.1) is 0 Å². The first-order valence-electron chi connectivity index (χ1n) is 11.3. The highest BCUT2D eigenvalue weighted by Gasteiger charge is 2.24. The number of piperidine rings is 1. The van der Waals surface area contributed by atoms with E-state index in [1.54, 1.807) is 16.7 Å². The van der Waals surface area contributed by atoms with Gasteiger partial charge in [0.2, 0.25) is 5.91 Å². The molecule has 8 nitrogen and oxygen atoms in total. The predicted octanol–water partition coefficient (Wildman–Crippen LogP) is 2.73. The Morgan fingerprint density at radius 1 is 1.13 bits per heavy atom. The largest absolute Gasteiger partial charge is 0.346 e. The molecule has 31 heavy (non-hydrogen) atoms. The summed E-state index contributed by atoms with van der Waals surface area (Å²) in [6.07, 6.45) is 7.09. The third kappa shape index (κ3) is 4.57. The molecule has 4 rings (SSSR count). The Balaban J connectivity index is 1.43. The monoisotopic (exact) mass is 425 g/mol. The summed E-state index contributed by atoms with van der Waals surface area (Å²) in [5, 5.41) is 7.23. The molecule has 0 bridgehead atoms. The lowest BCUT2D eigenvalue weighted by Crippen LogP contribution is -2.42. The summed E-state index contributed by atoms with van der Waals surface area (Å²) in [6.45, 7) is 5.30. The maximum Gasteiger partial charge on any atom is 0.346 e. The lowest BCUT2D eigenvalue weighted by atomic mass is 10.0. The fourth-order valence-electron chi connectivity index (χ4n) is 4.56.